The summed E-state index contributed by atoms with van der Waals surface area (Å²) in [5.41, 5.74) is 0. The molecule has 0 heterocycles. The summed E-state index contributed by atoms with van der Waals surface area (Å²) in [6, 6.07) is 0. The van der Waals surface area contributed by atoms with Gasteiger partial charge in [-0.05, 0) is 0 Å². The Labute approximate surface area is 96.5 Å². The van der Waals surface area contributed by atoms with Gasteiger partial charge in [0.2, 0.25) is 0 Å². The van der Waals surface area contributed by atoms with Gasteiger partial charge in [0.15, 0.2) is 0 Å². The average Bonchev–Trinajstić information content (AvgIpc) is 1.25. The summed E-state index contributed by atoms with van der Waals surface area (Å²) in [4.78, 5) is 16.5. The topological polar surface area (TPSA) is 195 Å². The predicted octanol–water partition coefficient (Wildman–Crippen LogP) is -2.51. The second-order valence-electron chi connectivity index (χ2n) is 0.447. The van der Waals surface area contributed by atoms with Gasteiger partial charge < -0.3 is 41.6 Å². The zero-order valence-corrected chi connectivity index (χ0v) is 8.53. The van der Waals surface area contributed by atoms with E-state index >= 15 is 0 Å². The fraction of sp³-hybridized carbons (Fsp3) is 0. The summed E-state index contributed by atoms with van der Waals surface area (Å²) in [6.07, 6.45) is 0. The van der Waals surface area contributed by atoms with E-state index in [-0.39, 0.29) is 56.4 Å². The van der Waals surface area contributed by atoms with Gasteiger partial charge >= 0.3 is 45.5 Å². The minimum absolute atomic E-state index is 0. The van der Waals surface area contributed by atoms with Crippen LogP contribution >= 0.6 is 0 Å². The van der Waals surface area contributed by atoms with E-state index < -0.39 is 10.2 Å². The maximum Gasteiger partial charge on any atom is 2.00 e. The van der Waals surface area contributed by atoms with E-state index in [1.54, 1.807) is 0 Å². The molecule has 0 unspecified atom stereocenters. The first-order valence-corrected chi connectivity index (χ1v) is 1.10. The molecule has 0 saturated carbocycles. The van der Waals surface area contributed by atoms with Crippen LogP contribution in [0.3, 0.4) is 0 Å². The summed E-state index contributed by atoms with van der Waals surface area (Å²) in [6.45, 7) is 0. The van der Waals surface area contributed by atoms with Gasteiger partial charge in [-0.2, -0.15) is 0 Å². The minimum Gasteiger partial charge on any atom is -0.412 e. The summed E-state index contributed by atoms with van der Waals surface area (Å²) < 4.78 is 0. The van der Waals surface area contributed by atoms with E-state index in [4.69, 9.17) is 30.6 Å². The molecular formula is H4N2O8Sr. The van der Waals surface area contributed by atoms with E-state index in [0.717, 1.165) is 0 Å². The van der Waals surface area contributed by atoms with Crippen LogP contribution in [0.15, 0.2) is 0 Å². The van der Waals surface area contributed by atoms with E-state index in [9.17, 15) is 0 Å². The van der Waals surface area contributed by atoms with Crippen LogP contribution in [-0.4, -0.2) is 66.6 Å². The zero-order valence-electron chi connectivity index (χ0n) is 5.05. The molecule has 0 bridgehead atoms. The Kier molecular flexibility index (Phi) is 63.2. The average molecular weight is 248 g/mol. The van der Waals surface area contributed by atoms with Gasteiger partial charge in [-0.3, -0.25) is 0 Å². The normalized spacial score (nSPS) is 4.36. The van der Waals surface area contributed by atoms with Crippen LogP contribution in [0.4, 0.5) is 0 Å². The Morgan fingerprint density at radius 1 is 0.727 bits per heavy atom. The Hall–Kier alpha value is -0.199. The van der Waals surface area contributed by atoms with Gasteiger partial charge in [-0.1, -0.05) is 0 Å². The van der Waals surface area contributed by atoms with Crippen molar-refractivity contribution in [1.29, 1.82) is 0 Å². The van der Waals surface area contributed by atoms with Crippen molar-refractivity contribution in [3.05, 3.63) is 30.6 Å². The molecule has 0 fully saturated rings. The third-order valence-corrected chi connectivity index (χ3v) is 0. The molecule has 0 aromatic heterocycles. The smallest absolute Gasteiger partial charge is 0.412 e. The fourth-order valence-electron chi connectivity index (χ4n) is 0. The second kappa shape index (κ2) is 22.6. The predicted molar refractivity (Wildman–Crippen MR) is 33.7 cm³/mol. The largest absolute Gasteiger partial charge is 2.00 e. The third-order valence-electron chi connectivity index (χ3n) is 0. The molecule has 11 heavy (non-hydrogen) atoms. The first kappa shape index (κ1) is 30.8. The van der Waals surface area contributed by atoms with Crippen molar-refractivity contribution >= 4 is 45.5 Å². The van der Waals surface area contributed by atoms with Crippen LogP contribution in [-0.2, 0) is 0 Å². The van der Waals surface area contributed by atoms with Gasteiger partial charge in [-0.15, -0.1) is 0 Å². The van der Waals surface area contributed by atoms with Gasteiger partial charge in [0.05, 0.1) is 10.2 Å². The molecule has 0 atom stereocenters. The van der Waals surface area contributed by atoms with Crippen LogP contribution < -0.4 is 0 Å². The number of hydrogen-bond donors (Lipinski definition) is 0. The molecule has 64 valence electrons. The van der Waals surface area contributed by atoms with Crippen LogP contribution in [0.5, 0.6) is 0 Å². The van der Waals surface area contributed by atoms with E-state index in [2.05, 4.69) is 0 Å². The quantitative estimate of drug-likeness (QED) is 0.257. The van der Waals surface area contributed by atoms with Gasteiger partial charge in [0.25, 0.3) is 0 Å². The fourth-order valence-corrected chi connectivity index (χ4v) is 0. The molecule has 11 heteroatoms. The molecular weight excluding hydrogens is 244 g/mol. The molecule has 0 radical (unpaired) electrons. The van der Waals surface area contributed by atoms with Crippen LogP contribution in [0.25, 0.3) is 0 Å². The Bertz CT molecular complexity index is 70.1. The molecule has 0 aliphatic heterocycles. The van der Waals surface area contributed by atoms with Gasteiger partial charge in [0, 0.05) is 0 Å². The summed E-state index contributed by atoms with van der Waals surface area (Å²) in [5, 5.41) is 29.5. The SMILES string of the molecule is O.O.O=[N+]([O-])[O-].O=[N+]([O-])[O-].[Sr+2]. The van der Waals surface area contributed by atoms with Crippen molar-refractivity contribution in [2.75, 3.05) is 0 Å². The van der Waals surface area contributed by atoms with E-state index in [1.807, 2.05) is 0 Å². The monoisotopic (exact) mass is 248 g/mol. The molecule has 0 saturated heterocycles. The summed E-state index contributed by atoms with van der Waals surface area (Å²) >= 11 is 0. The van der Waals surface area contributed by atoms with Gasteiger partial charge in [0.1, 0.15) is 0 Å². The third kappa shape index (κ3) is 15000. The Morgan fingerprint density at radius 2 is 0.727 bits per heavy atom. The molecule has 0 aliphatic rings. The molecule has 0 aromatic rings. The maximum absolute atomic E-state index is 8.25. The van der Waals surface area contributed by atoms with Crippen LogP contribution in [0.2, 0.25) is 0 Å². The standard InChI is InChI=1S/2NO3.2H2O.Sr/c2*2-1(3)4;;;/h;;2*1H2;/q2*-1;;;+2. The zero-order chi connectivity index (χ0) is 7.15. The molecule has 10 nitrogen and oxygen atoms in total. The van der Waals surface area contributed by atoms with E-state index in [1.165, 1.54) is 0 Å². The van der Waals surface area contributed by atoms with Crippen molar-refractivity contribution in [1.82, 2.24) is 0 Å². The second-order valence-corrected chi connectivity index (χ2v) is 0.447. The van der Waals surface area contributed by atoms with Crippen molar-refractivity contribution < 1.29 is 21.1 Å². The van der Waals surface area contributed by atoms with Crippen molar-refractivity contribution in [3.63, 3.8) is 0 Å². The molecule has 0 amide bonds. The maximum atomic E-state index is 8.25. The van der Waals surface area contributed by atoms with Crippen molar-refractivity contribution in [3.8, 4) is 0 Å². The number of rotatable bonds is 0. The molecule has 0 aromatic carbocycles. The van der Waals surface area contributed by atoms with Crippen LogP contribution in [0, 0.1) is 30.6 Å². The molecule has 4 N–H and O–H groups in total. The van der Waals surface area contributed by atoms with E-state index in [0.29, 0.717) is 0 Å². The first-order valence-electron chi connectivity index (χ1n) is 1.10. The summed E-state index contributed by atoms with van der Waals surface area (Å²) in [7, 11) is 0. The minimum atomic E-state index is -1.75. The molecule has 0 rings (SSSR count). The van der Waals surface area contributed by atoms with Crippen molar-refractivity contribution in [2.45, 2.75) is 0 Å². The van der Waals surface area contributed by atoms with Crippen molar-refractivity contribution in [2.24, 2.45) is 0 Å². The number of nitrogens with zero attached hydrogens (tertiary/aromatic N) is 2. The molecule has 0 spiro atoms. The Morgan fingerprint density at radius 3 is 0.727 bits per heavy atom. The molecule has 0 aliphatic carbocycles. The summed E-state index contributed by atoms with van der Waals surface area (Å²) in [5.74, 6) is 0. The number of hydrogen-bond acceptors (Lipinski definition) is 6. The van der Waals surface area contributed by atoms with Gasteiger partial charge in [-0.25, -0.2) is 0 Å². The first-order chi connectivity index (χ1) is 3.46. The van der Waals surface area contributed by atoms with Crippen LogP contribution in [0.1, 0.15) is 0 Å². The Balaban J connectivity index is -0.0000000171.